The maximum absolute atomic E-state index is 13.5. The van der Waals surface area contributed by atoms with Gasteiger partial charge in [0.2, 0.25) is 17.7 Å². The van der Waals surface area contributed by atoms with Gasteiger partial charge in [-0.15, -0.1) is 0 Å². The number of carbonyl (C=O) groups excluding carboxylic acids is 4. The molecule has 382 valence electrons. The van der Waals surface area contributed by atoms with Crippen molar-refractivity contribution in [3.63, 3.8) is 0 Å². The first-order chi connectivity index (χ1) is 33.0. The molecule has 1 heterocycles. The first-order valence-corrected chi connectivity index (χ1v) is 22.6. The van der Waals surface area contributed by atoms with Crippen molar-refractivity contribution in [2.45, 2.75) is 51.7 Å². The number of benzene rings is 1. The molecule has 7 N–H and O–H groups in total. The Morgan fingerprint density at radius 1 is 0.691 bits per heavy atom. The zero-order chi connectivity index (χ0) is 49.5. The van der Waals surface area contributed by atoms with Gasteiger partial charge < -0.3 is 79.3 Å². The topological polar surface area (TPSA) is 316 Å². The lowest BCUT2D eigenvalue weighted by Gasteiger charge is -2.25. The number of azide groups is 1. The highest BCUT2D eigenvalue weighted by molar-refractivity contribution is 5.98. The summed E-state index contributed by atoms with van der Waals surface area (Å²) in [6.07, 6.45) is 3.68. The Morgan fingerprint density at radius 2 is 1.18 bits per heavy atom. The van der Waals surface area contributed by atoms with Crippen LogP contribution in [0.15, 0.2) is 47.8 Å². The molecule has 1 aromatic heterocycles. The number of carboxylic acid groups (broad SMARTS) is 1. The van der Waals surface area contributed by atoms with E-state index in [1.165, 1.54) is 12.3 Å². The second-order valence-corrected chi connectivity index (χ2v) is 15.1. The molecule has 5 amide bonds. The molecule has 0 aliphatic carbocycles. The maximum Gasteiger partial charge on any atom is 0.337 e. The zero-order valence-electron chi connectivity index (χ0n) is 39.3. The Bertz CT molecular complexity index is 1750. The van der Waals surface area contributed by atoms with E-state index in [0.29, 0.717) is 131 Å². The number of nitrogens with one attached hydrogen (secondary N) is 4. The molecular formula is C44H71N9O15. The molecule has 0 spiro atoms. The van der Waals surface area contributed by atoms with E-state index in [0.717, 1.165) is 5.56 Å². The van der Waals surface area contributed by atoms with E-state index < -0.39 is 41.8 Å². The fourth-order valence-corrected chi connectivity index (χ4v) is 5.80. The summed E-state index contributed by atoms with van der Waals surface area (Å²) >= 11 is 0. The highest BCUT2D eigenvalue weighted by atomic mass is 16.6. The summed E-state index contributed by atoms with van der Waals surface area (Å²) in [7, 11) is 0. The number of rotatable bonds is 43. The van der Waals surface area contributed by atoms with Gasteiger partial charge in [0.1, 0.15) is 12.1 Å². The van der Waals surface area contributed by atoms with Crippen LogP contribution in [-0.4, -0.2) is 183 Å². The predicted octanol–water partition coefficient (Wildman–Crippen LogP) is 2.10. The average molecular weight is 966 g/mol. The lowest BCUT2D eigenvalue weighted by atomic mass is 10.0. The van der Waals surface area contributed by atoms with Gasteiger partial charge in [-0.3, -0.25) is 14.4 Å². The Hall–Kier alpha value is -5.40. The third kappa shape index (κ3) is 30.1. The highest BCUT2D eigenvalue weighted by Gasteiger charge is 2.29. The monoisotopic (exact) mass is 966 g/mol. The molecule has 2 rings (SSSR count). The molecule has 0 saturated heterocycles. The van der Waals surface area contributed by atoms with Crippen LogP contribution in [0.4, 0.5) is 10.5 Å². The zero-order valence-corrected chi connectivity index (χ0v) is 39.3. The number of primary amides is 1. The predicted molar refractivity (Wildman–Crippen MR) is 247 cm³/mol. The van der Waals surface area contributed by atoms with Gasteiger partial charge in [-0.2, -0.15) is 0 Å². The second kappa shape index (κ2) is 38.6. The minimum Gasteiger partial charge on any atom is -0.478 e. The van der Waals surface area contributed by atoms with E-state index in [2.05, 4.69) is 31.3 Å². The normalized spacial score (nSPS) is 12.0. The summed E-state index contributed by atoms with van der Waals surface area (Å²) < 4.78 is 50.7. The first-order valence-electron chi connectivity index (χ1n) is 22.6. The molecule has 1 aromatic carbocycles. The summed E-state index contributed by atoms with van der Waals surface area (Å²) in [5, 5.41) is 23.3. The third-order valence-corrected chi connectivity index (χ3v) is 9.30. The molecule has 24 heteroatoms. The number of nitrogens with two attached hydrogens (primary N) is 1. The summed E-state index contributed by atoms with van der Waals surface area (Å²) in [4.78, 5) is 64.8. The van der Waals surface area contributed by atoms with Crippen LogP contribution in [0, 0.1) is 5.92 Å². The summed E-state index contributed by atoms with van der Waals surface area (Å²) in [5.74, 6) is -2.78. The Kier molecular flexibility index (Phi) is 33.3. The molecule has 0 unspecified atom stereocenters. The molecule has 0 fully saturated rings. The second-order valence-electron chi connectivity index (χ2n) is 15.1. The van der Waals surface area contributed by atoms with Crippen LogP contribution in [0.1, 0.15) is 49.0 Å². The lowest BCUT2D eigenvalue weighted by molar-refractivity contribution is -0.132. The van der Waals surface area contributed by atoms with Gasteiger partial charge in [0.25, 0.3) is 0 Å². The summed E-state index contributed by atoms with van der Waals surface area (Å²) in [6.45, 7) is 11.5. The molecule has 0 bridgehead atoms. The molecule has 0 aliphatic heterocycles. The van der Waals surface area contributed by atoms with Crippen molar-refractivity contribution in [3.8, 4) is 0 Å². The number of carboxylic acids is 1. The summed E-state index contributed by atoms with van der Waals surface area (Å²) in [5.41, 5.74) is 14.9. The van der Waals surface area contributed by atoms with E-state index >= 15 is 0 Å². The molecular weight excluding hydrogens is 895 g/mol. The van der Waals surface area contributed by atoms with Crippen LogP contribution in [0.5, 0.6) is 0 Å². The van der Waals surface area contributed by atoms with Crippen molar-refractivity contribution in [3.05, 3.63) is 64.3 Å². The number of nitrogens with zero attached hydrogens (tertiary/aromatic N) is 4. The SMILES string of the molecule is CC(C)[C@H](NC(=O)CCOCCOCCOCCOCCOCCOCCOCCOCCOCCN=[N+]=[N-])C(=O)N[C@@H](CCCNC(N)=O)C(=O)Nc1ccc(Cn2ccc(C(=O)O)c2)cc1. The van der Waals surface area contributed by atoms with Gasteiger partial charge in [-0.1, -0.05) is 31.1 Å². The fraction of sp³-hybridized carbons (Fsp3) is 0.659. The van der Waals surface area contributed by atoms with E-state index in [9.17, 15) is 24.0 Å². The van der Waals surface area contributed by atoms with E-state index in [4.69, 9.17) is 59.0 Å². The minimum absolute atomic E-state index is 0.00232. The smallest absolute Gasteiger partial charge is 0.337 e. The van der Waals surface area contributed by atoms with Crippen LogP contribution in [-0.2, 0) is 63.6 Å². The number of urea groups is 1. The van der Waals surface area contributed by atoms with Crippen molar-refractivity contribution in [2.75, 3.05) is 137 Å². The number of amides is 5. The van der Waals surface area contributed by atoms with Crippen LogP contribution in [0.3, 0.4) is 0 Å². The molecule has 24 nitrogen and oxygen atoms in total. The quantitative estimate of drug-likeness (QED) is 0.0240. The molecule has 2 aromatic rings. The first kappa shape index (κ1) is 58.7. The van der Waals surface area contributed by atoms with Crippen LogP contribution < -0.4 is 27.0 Å². The van der Waals surface area contributed by atoms with E-state index in [-0.39, 0.29) is 44.1 Å². The van der Waals surface area contributed by atoms with Crippen molar-refractivity contribution >= 4 is 35.4 Å². The number of aromatic nitrogens is 1. The van der Waals surface area contributed by atoms with Gasteiger partial charge in [-0.25, -0.2) is 9.59 Å². The average Bonchev–Trinajstić information content (AvgIpc) is 3.79. The highest BCUT2D eigenvalue weighted by Crippen LogP contribution is 2.14. The van der Waals surface area contributed by atoms with Crippen molar-refractivity contribution in [2.24, 2.45) is 16.8 Å². The number of ether oxygens (including phenoxy) is 9. The number of hydrogen-bond donors (Lipinski definition) is 6. The molecule has 2 atom stereocenters. The van der Waals surface area contributed by atoms with Gasteiger partial charge in [0.05, 0.1) is 124 Å². The number of aromatic carboxylic acids is 1. The van der Waals surface area contributed by atoms with Gasteiger partial charge in [0, 0.05) is 49.0 Å². The molecule has 68 heavy (non-hydrogen) atoms. The maximum atomic E-state index is 13.5. The van der Waals surface area contributed by atoms with E-state index in [1.807, 2.05) is 0 Å². The Balaban J connectivity index is 1.52. The van der Waals surface area contributed by atoms with Crippen molar-refractivity contribution in [1.82, 2.24) is 20.5 Å². The van der Waals surface area contributed by atoms with Gasteiger partial charge in [-0.05, 0) is 48.1 Å². The van der Waals surface area contributed by atoms with Crippen molar-refractivity contribution in [1.29, 1.82) is 0 Å². The Morgan fingerprint density at radius 3 is 1.62 bits per heavy atom. The minimum atomic E-state index is -1.02. The number of hydrogen-bond acceptors (Lipinski definition) is 15. The summed E-state index contributed by atoms with van der Waals surface area (Å²) in [6, 6.07) is 5.82. The molecule has 0 aliphatic rings. The van der Waals surface area contributed by atoms with Crippen LogP contribution in [0.2, 0.25) is 0 Å². The largest absolute Gasteiger partial charge is 0.478 e. The van der Waals surface area contributed by atoms with E-state index in [1.54, 1.807) is 48.9 Å². The molecule has 0 saturated carbocycles. The van der Waals surface area contributed by atoms with Crippen LogP contribution in [0.25, 0.3) is 10.4 Å². The lowest BCUT2D eigenvalue weighted by Crippen LogP contribution is -2.54. The van der Waals surface area contributed by atoms with Gasteiger partial charge >= 0.3 is 12.0 Å². The van der Waals surface area contributed by atoms with Crippen LogP contribution >= 0.6 is 0 Å². The fourth-order valence-electron chi connectivity index (χ4n) is 5.80. The van der Waals surface area contributed by atoms with Gasteiger partial charge in [0.15, 0.2) is 0 Å². The standard InChI is InChI=1S/C44H71N9O15/c1-34(2)40(42(56)50-38(4-3-11-47-44(45)59)41(55)49-37-7-5-35(6-8-37)32-53-13-9-36(33-53)43(57)58)51-39(54)10-14-60-16-18-62-20-22-64-24-26-66-28-30-68-31-29-67-27-25-65-23-21-63-19-17-61-15-12-48-52-46/h5-9,13,33-34,38,40H,3-4,10-12,14-32H2,1-2H3,(H,49,55)(H,50,56)(H,51,54)(H,57,58)(H3,45,47,59)/t38-,40-/m0/s1. The third-order valence-electron chi connectivity index (χ3n) is 9.30. The Labute approximate surface area is 397 Å². The van der Waals surface area contributed by atoms with Crippen molar-refractivity contribution < 1.29 is 71.7 Å². The number of carbonyl (C=O) groups is 5. The number of anilines is 1. The molecule has 0 radical (unpaired) electrons.